The van der Waals surface area contributed by atoms with Gasteiger partial charge in [-0.2, -0.15) is 5.10 Å². The van der Waals surface area contributed by atoms with Crippen LogP contribution >= 0.6 is 0 Å². The van der Waals surface area contributed by atoms with Crippen molar-refractivity contribution in [3.8, 4) is 11.3 Å². The van der Waals surface area contributed by atoms with Crippen molar-refractivity contribution in [1.82, 2.24) is 20.0 Å². The Bertz CT molecular complexity index is 704. The second-order valence-electron chi connectivity index (χ2n) is 7.70. The summed E-state index contributed by atoms with van der Waals surface area (Å²) in [4.78, 5) is 5.23. The summed E-state index contributed by atoms with van der Waals surface area (Å²) in [7, 11) is 0. The fourth-order valence-electron chi connectivity index (χ4n) is 3.94. The minimum absolute atomic E-state index is 0.632. The molecule has 1 aromatic carbocycles. The maximum atomic E-state index is 4.34. The molecule has 2 heterocycles. The lowest BCUT2D eigenvalue weighted by molar-refractivity contribution is 0.0457. The van der Waals surface area contributed by atoms with Gasteiger partial charge in [-0.15, -0.1) is 0 Å². The first-order chi connectivity index (χ1) is 12.0. The molecule has 1 aliphatic heterocycles. The SMILES string of the molecule is CCC1CN(Cc2cn[nH]c2-c2ccc(C)c(C)c2)CCN1C(C)C. The summed E-state index contributed by atoms with van der Waals surface area (Å²) in [6.07, 6.45) is 3.21. The fraction of sp³-hybridized carbons (Fsp3) is 0.571. The fourth-order valence-corrected chi connectivity index (χ4v) is 3.94. The van der Waals surface area contributed by atoms with Crippen molar-refractivity contribution in [3.63, 3.8) is 0 Å². The van der Waals surface area contributed by atoms with Crippen LogP contribution in [0.3, 0.4) is 0 Å². The van der Waals surface area contributed by atoms with Crippen LogP contribution in [0.2, 0.25) is 0 Å². The molecule has 0 saturated carbocycles. The van der Waals surface area contributed by atoms with E-state index in [9.17, 15) is 0 Å². The van der Waals surface area contributed by atoms with Crippen LogP contribution < -0.4 is 0 Å². The summed E-state index contributed by atoms with van der Waals surface area (Å²) >= 11 is 0. The van der Waals surface area contributed by atoms with Crippen LogP contribution in [0.4, 0.5) is 0 Å². The maximum Gasteiger partial charge on any atom is 0.0695 e. The van der Waals surface area contributed by atoms with E-state index in [1.54, 1.807) is 0 Å². The van der Waals surface area contributed by atoms with Crippen molar-refractivity contribution in [2.24, 2.45) is 0 Å². The molecule has 1 aromatic heterocycles. The quantitative estimate of drug-likeness (QED) is 0.893. The molecule has 25 heavy (non-hydrogen) atoms. The molecule has 4 nitrogen and oxygen atoms in total. The third kappa shape index (κ3) is 3.96. The van der Waals surface area contributed by atoms with E-state index in [1.807, 2.05) is 6.20 Å². The van der Waals surface area contributed by atoms with E-state index in [0.29, 0.717) is 12.1 Å². The van der Waals surface area contributed by atoms with Gasteiger partial charge in [0.05, 0.1) is 11.9 Å². The zero-order chi connectivity index (χ0) is 18.0. The molecule has 1 unspecified atom stereocenters. The highest BCUT2D eigenvalue weighted by Gasteiger charge is 2.27. The van der Waals surface area contributed by atoms with Crippen molar-refractivity contribution in [1.29, 1.82) is 0 Å². The lowest BCUT2D eigenvalue weighted by Gasteiger charge is -2.43. The number of aromatic nitrogens is 2. The maximum absolute atomic E-state index is 4.34. The predicted molar refractivity (Wildman–Crippen MR) is 105 cm³/mol. The smallest absolute Gasteiger partial charge is 0.0695 e. The Hall–Kier alpha value is -1.65. The summed E-state index contributed by atoms with van der Waals surface area (Å²) in [6.45, 7) is 15.7. The topological polar surface area (TPSA) is 35.2 Å². The molecule has 1 atom stereocenters. The molecule has 4 heteroatoms. The van der Waals surface area contributed by atoms with Gasteiger partial charge in [0.2, 0.25) is 0 Å². The van der Waals surface area contributed by atoms with Crippen LogP contribution in [0, 0.1) is 13.8 Å². The van der Waals surface area contributed by atoms with E-state index in [4.69, 9.17) is 0 Å². The Morgan fingerprint density at radius 3 is 2.68 bits per heavy atom. The molecular formula is C21H32N4. The van der Waals surface area contributed by atoms with Gasteiger partial charge >= 0.3 is 0 Å². The molecule has 0 bridgehead atoms. The summed E-state index contributed by atoms with van der Waals surface area (Å²) in [5.74, 6) is 0. The van der Waals surface area contributed by atoms with Crippen molar-refractivity contribution >= 4 is 0 Å². The van der Waals surface area contributed by atoms with Crippen molar-refractivity contribution in [2.75, 3.05) is 19.6 Å². The predicted octanol–water partition coefficient (Wildman–Crippen LogP) is 4.00. The molecule has 0 aliphatic carbocycles. The molecule has 2 aromatic rings. The lowest BCUT2D eigenvalue weighted by atomic mass is 10.0. The zero-order valence-corrected chi connectivity index (χ0v) is 16.3. The Morgan fingerprint density at radius 1 is 1.20 bits per heavy atom. The van der Waals surface area contributed by atoms with E-state index < -0.39 is 0 Å². The number of nitrogens with one attached hydrogen (secondary N) is 1. The molecule has 1 saturated heterocycles. The summed E-state index contributed by atoms with van der Waals surface area (Å²) in [5.41, 5.74) is 6.37. The molecular weight excluding hydrogens is 308 g/mol. The lowest BCUT2D eigenvalue weighted by Crippen LogP contribution is -2.54. The minimum atomic E-state index is 0.632. The van der Waals surface area contributed by atoms with Crippen molar-refractivity contribution < 1.29 is 0 Å². The number of benzene rings is 1. The highest BCUT2D eigenvalue weighted by Crippen LogP contribution is 2.26. The summed E-state index contributed by atoms with van der Waals surface area (Å²) in [5, 5.41) is 7.56. The molecule has 3 rings (SSSR count). The summed E-state index contributed by atoms with van der Waals surface area (Å²) < 4.78 is 0. The highest BCUT2D eigenvalue weighted by molar-refractivity contribution is 5.64. The van der Waals surface area contributed by atoms with Gasteiger partial charge in [-0.1, -0.05) is 19.1 Å². The molecule has 0 amide bonds. The number of nitrogens with zero attached hydrogens (tertiary/aromatic N) is 3. The van der Waals surface area contributed by atoms with Gasteiger partial charge in [0.1, 0.15) is 0 Å². The Labute approximate surface area is 152 Å². The number of H-pyrrole nitrogens is 1. The van der Waals surface area contributed by atoms with Crippen LogP contribution in [0.15, 0.2) is 24.4 Å². The monoisotopic (exact) mass is 340 g/mol. The standard InChI is InChI=1S/C21H32N4/c1-6-20-14-24(9-10-25(20)15(2)3)13-19-12-22-23-21(19)18-8-7-16(4)17(5)11-18/h7-8,11-12,15,20H,6,9-10,13-14H2,1-5H3,(H,22,23). The van der Waals surface area contributed by atoms with E-state index in [2.05, 4.69) is 72.8 Å². The number of aromatic amines is 1. The first-order valence-electron chi connectivity index (χ1n) is 9.57. The van der Waals surface area contributed by atoms with Gasteiger partial charge in [-0.3, -0.25) is 14.9 Å². The Kier molecular flexibility index (Phi) is 5.60. The zero-order valence-electron chi connectivity index (χ0n) is 16.3. The number of hydrogen-bond acceptors (Lipinski definition) is 3. The number of hydrogen-bond donors (Lipinski definition) is 1. The molecule has 1 aliphatic rings. The molecule has 0 spiro atoms. The molecule has 1 N–H and O–H groups in total. The minimum Gasteiger partial charge on any atom is -0.296 e. The number of piperazine rings is 1. The third-order valence-corrected chi connectivity index (χ3v) is 5.65. The van der Waals surface area contributed by atoms with Crippen molar-refractivity contribution in [3.05, 3.63) is 41.1 Å². The van der Waals surface area contributed by atoms with Gasteiger partial charge in [0, 0.05) is 49.4 Å². The highest BCUT2D eigenvalue weighted by atomic mass is 15.3. The van der Waals surface area contributed by atoms with E-state index >= 15 is 0 Å². The first-order valence-corrected chi connectivity index (χ1v) is 9.57. The van der Waals surface area contributed by atoms with Crippen LogP contribution in [-0.2, 0) is 6.54 Å². The van der Waals surface area contributed by atoms with Gasteiger partial charge in [-0.25, -0.2) is 0 Å². The van der Waals surface area contributed by atoms with Crippen LogP contribution in [0.5, 0.6) is 0 Å². The van der Waals surface area contributed by atoms with Gasteiger partial charge in [0.15, 0.2) is 0 Å². The number of rotatable bonds is 5. The molecule has 0 radical (unpaired) electrons. The van der Waals surface area contributed by atoms with Gasteiger partial charge < -0.3 is 0 Å². The first kappa shape index (κ1) is 18.2. The van der Waals surface area contributed by atoms with E-state index in [-0.39, 0.29) is 0 Å². The summed E-state index contributed by atoms with van der Waals surface area (Å²) in [6, 6.07) is 7.95. The van der Waals surface area contributed by atoms with E-state index in [1.165, 1.54) is 34.4 Å². The average molecular weight is 341 g/mol. The van der Waals surface area contributed by atoms with Crippen LogP contribution in [0.1, 0.15) is 43.9 Å². The third-order valence-electron chi connectivity index (χ3n) is 5.65. The molecule has 1 fully saturated rings. The van der Waals surface area contributed by atoms with Crippen LogP contribution in [-0.4, -0.2) is 51.7 Å². The average Bonchev–Trinajstić information content (AvgIpc) is 3.05. The van der Waals surface area contributed by atoms with Crippen LogP contribution in [0.25, 0.3) is 11.3 Å². The normalized spacial score (nSPS) is 19.7. The van der Waals surface area contributed by atoms with Gasteiger partial charge in [-0.05, 0) is 51.3 Å². The Balaban J connectivity index is 1.74. The molecule has 136 valence electrons. The largest absolute Gasteiger partial charge is 0.296 e. The second-order valence-corrected chi connectivity index (χ2v) is 7.70. The van der Waals surface area contributed by atoms with Gasteiger partial charge in [0.25, 0.3) is 0 Å². The Morgan fingerprint density at radius 2 is 2.00 bits per heavy atom. The second kappa shape index (κ2) is 7.71. The van der Waals surface area contributed by atoms with Crippen molar-refractivity contribution in [2.45, 2.75) is 59.7 Å². The van der Waals surface area contributed by atoms with E-state index in [0.717, 1.165) is 26.2 Å². The number of aryl methyl sites for hydroxylation is 2.